The molecule has 2 saturated heterocycles. The molecule has 7 heteroatoms. The zero-order valence-corrected chi connectivity index (χ0v) is 11.8. The van der Waals surface area contributed by atoms with Crippen molar-refractivity contribution >= 4 is 17.7 Å². The number of aromatic nitrogens is 2. The average molecular weight is 297 g/mol. The number of carboxylic acid groups (broad SMARTS) is 1. The van der Waals surface area contributed by atoms with Crippen LogP contribution in [0.25, 0.3) is 0 Å². The second-order valence-corrected chi connectivity index (χ2v) is 5.83. The van der Waals surface area contributed by atoms with Crippen LogP contribution in [0.2, 0.25) is 5.28 Å². The molecule has 0 bridgehead atoms. The van der Waals surface area contributed by atoms with Crippen LogP contribution in [0.15, 0.2) is 12.4 Å². The van der Waals surface area contributed by atoms with Crippen molar-refractivity contribution in [3.8, 4) is 0 Å². The summed E-state index contributed by atoms with van der Waals surface area (Å²) in [5.74, 6) is 0.452. The zero-order chi connectivity index (χ0) is 14.1. The van der Waals surface area contributed by atoms with Crippen LogP contribution >= 0.6 is 11.6 Å². The molecule has 108 valence electrons. The highest BCUT2D eigenvalue weighted by molar-refractivity contribution is 6.28. The first kappa shape index (κ1) is 13.6. The molecule has 0 aromatic carbocycles. The van der Waals surface area contributed by atoms with Gasteiger partial charge in [0.2, 0.25) is 5.28 Å². The Morgan fingerprint density at radius 3 is 2.85 bits per heavy atom. The van der Waals surface area contributed by atoms with Crippen LogP contribution < -0.4 is 0 Å². The molecule has 20 heavy (non-hydrogen) atoms. The molecular formula is C13H17ClN4O2. The van der Waals surface area contributed by atoms with E-state index in [1.165, 1.54) is 4.90 Å². The standard InChI is InChI=1S/C13H17ClN4O2/c14-12-15-4-9(5-16-12)6-17-3-1-2-10-7-18(13(19)20)8-11(10)17/h4-5,10-11H,1-3,6-8H2,(H,19,20)/t10-,11+/m1/s1. The Hall–Kier alpha value is -1.40. The van der Waals surface area contributed by atoms with Gasteiger partial charge >= 0.3 is 6.09 Å². The minimum Gasteiger partial charge on any atom is -0.465 e. The van der Waals surface area contributed by atoms with Gasteiger partial charge in [0.15, 0.2) is 0 Å². The maximum Gasteiger partial charge on any atom is 0.407 e. The van der Waals surface area contributed by atoms with Gasteiger partial charge in [0, 0.05) is 43.6 Å². The molecule has 1 aromatic heterocycles. The largest absolute Gasteiger partial charge is 0.465 e. The number of amides is 1. The van der Waals surface area contributed by atoms with Crippen molar-refractivity contribution in [2.75, 3.05) is 19.6 Å². The van der Waals surface area contributed by atoms with Gasteiger partial charge in [-0.3, -0.25) is 4.90 Å². The quantitative estimate of drug-likeness (QED) is 0.841. The normalized spacial score (nSPS) is 26.6. The van der Waals surface area contributed by atoms with E-state index in [0.717, 1.165) is 31.5 Å². The summed E-state index contributed by atoms with van der Waals surface area (Å²) in [4.78, 5) is 23.0. The second kappa shape index (κ2) is 5.54. The van der Waals surface area contributed by atoms with E-state index in [4.69, 9.17) is 16.7 Å². The third kappa shape index (κ3) is 2.71. The lowest BCUT2D eigenvalue weighted by Crippen LogP contribution is -2.44. The first-order valence-corrected chi connectivity index (χ1v) is 7.19. The first-order chi connectivity index (χ1) is 9.63. The number of halogens is 1. The summed E-state index contributed by atoms with van der Waals surface area (Å²) in [5, 5.41) is 9.39. The monoisotopic (exact) mass is 296 g/mol. The van der Waals surface area contributed by atoms with Crippen molar-refractivity contribution in [2.45, 2.75) is 25.4 Å². The topological polar surface area (TPSA) is 69.6 Å². The fourth-order valence-corrected chi connectivity index (χ4v) is 3.38. The Labute approximate surface area is 122 Å². The third-order valence-electron chi connectivity index (χ3n) is 4.23. The number of nitrogens with zero attached hydrogens (tertiary/aromatic N) is 4. The highest BCUT2D eigenvalue weighted by Crippen LogP contribution is 2.31. The molecule has 0 radical (unpaired) electrons. The molecule has 1 aromatic rings. The molecule has 1 amide bonds. The summed E-state index contributed by atoms with van der Waals surface area (Å²) in [6, 6.07) is 0.315. The summed E-state index contributed by atoms with van der Waals surface area (Å²) in [5.41, 5.74) is 1.02. The Kier molecular flexibility index (Phi) is 3.76. The molecule has 2 fully saturated rings. The molecule has 0 aliphatic carbocycles. The number of hydrogen-bond acceptors (Lipinski definition) is 4. The van der Waals surface area contributed by atoms with E-state index in [0.29, 0.717) is 25.0 Å². The van der Waals surface area contributed by atoms with Crippen LogP contribution in [-0.4, -0.2) is 56.6 Å². The fourth-order valence-electron chi connectivity index (χ4n) is 3.28. The molecule has 1 N–H and O–H groups in total. The summed E-state index contributed by atoms with van der Waals surface area (Å²) >= 11 is 5.69. The van der Waals surface area contributed by atoms with E-state index in [1.807, 2.05) is 0 Å². The van der Waals surface area contributed by atoms with Crippen molar-refractivity contribution in [3.05, 3.63) is 23.2 Å². The maximum absolute atomic E-state index is 11.1. The van der Waals surface area contributed by atoms with Gasteiger partial charge in [0.05, 0.1) is 0 Å². The Morgan fingerprint density at radius 1 is 1.40 bits per heavy atom. The molecular weight excluding hydrogens is 280 g/mol. The van der Waals surface area contributed by atoms with Crippen molar-refractivity contribution in [1.29, 1.82) is 0 Å². The summed E-state index contributed by atoms with van der Waals surface area (Å²) in [7, 11) is 0. The van der Waals surface area contributed by atoms with Gasteiger partial charge in [-0.05, 0) is 36.9 Å². The van der Waals surface area contributed by atoms with Gasteiger partial charge in [-0.1, -0.05) is 0 Å². The van der Waals surface area contributed by atoms with Crippen LogP contribution in [0.3, 0.4) is 0 Å². The van der Waals surface area contributed by atoms with E-state index in [-0.39, 0.29) is 5.28 Å². The lowest BCUT2D eigenvalue weighted by Gasteiger charge is -2.36. The van der Waals surface area contributed by atoms with Gasteiger partial charge in [-0.2, -0.15) is 0 Å². The first-order valence-electron chi connectivity index (χ1n) is 6.82. The summed E-state index contributed by atoms with van der Waals surface area (Å²) in [6.45, 7) is 3.02. The number of hydrogen-bond donors (Lipinski definition) is 1. The van der Waals surface area contributed by atoms with Gasteiger partial charge < -0.3 is 10.0 Å². The molecule has 3 heterocycles. The molecule has 6 nitrogen and oxygen atoms in total. The number of piperidine rings is 1. The average Bonchev–Trinajstić information content (AvgIpc) is 2.87. The maximum atomic E-state index is 11.1. The van der Waals surface area contributed by atoms with Crippen LogP contribution in [0.5, 0.6) is 0 Å². The minimum atomic E-state index is -0.811. The molecule has 0 unspecified atom stereocenters. The predicted molar refractivity (Wildman–Crippen MR) is 73.6 cm³/mol. The SMILES string of the molecule is O=C(O)N1C[C@H]2CCCN(Cc3cnc(Cl)nc3)[C@H]2C1. The molecule has 0 saturated carbocycles. The number of carbonyl (C=O) groups is 1. The Balaban J connectivity index is 1.70. The third-order valence-corrected chi connectivity index (χ3v) is 4.42. The summed E-state index contributed by atoms with van der Waals surface area (Å²) in [6.07, 6.45) is 4.89. The highest BCUT2D eigenvalue weighted by Gasteiger charge is 2.40. The van der Waals surface area contributed by atoms with E-state index >= 15 is 0 Å². The van der Waals surface area contributed by atoms with Gasteiger partial charge in [0.1, 0.15) is 0 Å². The van der Waals surface area contributed by atoms with Gasteiger partial charge in [-0.15, -0.1) is 0 Å². The van der Waals surface area contributed by atoms with Crippen molar-refractivity contribution < 1.29 is 9.90 Å². The summed E-state index contributed by atoms with van der Waals surface area (Å²) < 4.78 is 0. The highest BCUT2D eigenvalue weighted by atomic mass is 35.5. The van der Waals surface area contributed by atoms with Crippen molar-refractivity contribution in [1.82, 2.24) is 19.8 Å². The van der Waals surface area contributed by atoms with Crippen LogP contribution in [0.1, 0.15) is 18.4 Å². The van der Waals surface area contributed by atoms with E-state index in [2.05, 4.69) is 14.9 Å². The van der Waals surface area contributed by atoms with Gasteiger partial charge in [0.25, 0.3) is 0 Å². The van der Waals surface area contributed by atoms with Crippen LogP contribution in [0, 0.1) is 5.92 Å². The van der Waals surface area contributed by atoms with E-state index in [1.54, 1.807) is 12.4 Å². The number of fused-ring (bicyclic) bond motifs is 1. The smallest absolute Gasteiger partial charge is 0.407 e. The Morgan fingerprint density at radius 2 is 2.15 bits per heavy atom. The lowest BCUT2D eigenvalue weighted by molar-refractivity contribution is 0.114. The molecule has 0 spiro atoms. The van der Waals surface area contributed by atoms with E-state index < -0.39 is 6.09 Å². The fraction of sp³-hybridized carbons (Fsp3) is 0.615. The molecule has 2 aliphatic heterocycles. The molecule has 3 rings (SSSR count). The predicted octanol–water partition coefficient (Wildman–Crippen LogP) is 1.70. The van der Waals surface area contributed by atoms with Crippen molar-refractivity contribution in [3.63, 3.8) is 0 Å². The Bertz CT molecular complexity index is 496. The van der Waals surface area contributed by atoms with Gasteiger partial charge in [-0.25, -0.2) is 14.8 Å². The molecule has 2 aliphatic rings. The number of likely N-dealkylation sites (tertiary alicyclic amines) is 2. The van der Waals surface area contributed by atoms with E-state index in [9.17, 15) is 4.79 Å². The lowest BCUT2D eigenvalue weighted by atomic mass is 9.92. The molecule has 2 atom stereocenters. The van der Waals surface area contributed by atoms with Crippen LogP contribution in [0.4, 0.5) is 4.79 Å². The zero-order valence-electron chi connectivity index (χ0n) is 11.1. The van der Waals surface area contributed by atoms with Crippen molar-refractivity contribution in [2.24, 2.45) is 5.92 Å². The second-order valence-electron chi connectivity index (χ2n) is 5.49. The number of rotatable bonds is 2. The van der Waals surface area contributed by atoms with Crippen LogP contribution in [-0.2, 0) is 6.54 Å². The minimum absolute atomic E-state index is 0.253.